The summed E-state index contributed by atoms with van der Waals surface area (Å²) in [5, 5.41) is 1.07. The van der Waals surface area contributed by atoms with Gasteiger partial charge in [0.2, 0.25) is 0 Å². The maximum Gasteiger partial charge on any atom is 0.270 e. The molecule has 1 aromatic heterocycles. The van der Waals surface area contributed by atoms with Gasteiger partial charge in [0, 0.05) is 49.2 Å². The largest absolute Gasteiger partial charge is 0.490 e. The number of carbonyl (C=O) groups is 1. The number of ether oxygens (including phenoxy) is 1. The van der Waals surface area contributed by atoms with Crippen molar-refractivity contribution < 1.29 is 9.53 Å². The zero-order chi connectivity index (χ0) is 19.7. The molecule has 5 heteroatoms. The molecule has 28 heavy (non-hydrogen) atoms. The molecule has 5 nitrogen and oxygen atoms in total. The standard InChI is InChI=1S/C23H33N3O2/c1-16(2)25-12-8-19(9-13-25)28-20-5-4-18-14-22(24-21(18)15-20)23(27)26-10-6-17(3)7-11-26/h4-5,14-17,19,24H,6-13H2,1-3H3. The summed E-state index contributed by atoms with van der Waals surface area (Å²) in [4.78, 5) is 20.6. The van der Waals surface area contributed by atoms with Crippen molar-refractivity contribution in [3.8, 4) is 5.75 Å². The van der Waals surface area contributed by atoms with E-state index < -0.39 is 0 Å². The molecular formula is C23H33N3O2. The van der Waals surface area contributed by atoms with E-state index in [0.29, 0.717) is 11.7 Å². The average Bonchev–Trinajstić information content (AvgIpc) is 3.12. The van der Waals surface area contributed by atoms with Crippen molar-refractivity contribution in [2.24, 2.45) is 5.92 Å². The SMILES string of the molecule is CC1CCN(C(=O)c2cc3ccc(OC4CCN(C(C)C)CC4)cc3[nH]2)CC1. The lowest BCUT2D eigenvalue weighted by Gasteiger charge is -2.34. The van der Waals surface area contributed by atoms with E-state index in [1.807, 2.05) is 23.1 Å². The minimum Gasteiger partial charge on any atom is -0.490 e. The predicted octanol–water partition coefficient (Wildman–Crippen LogP) is 4.29. The lowest BCUT2D eigenvalue weighted by Crippen LogP contribution is -2.41. The van der Waals surface area contributed by atoms with Crippen LogP contribution in [0.1, 0.15) is 56.9 Å². The molecule has 2 aliphatic heterocycles. The second kappa shape index (κ2) is 8.16. The number of fused-ring (bicyclic) bond motifs is 1. The maximum absolute atomic E-state index is 12.8. The lowest BCUT2D eigenvalue weighted by molar-refractivity contribution is 0.0692. The molecule has 152 valence electrons. The first-order valence-electron chi connectivity index (χ1n) is 10.8. The molecule has 0 radical (unpaired) electrons. The van der Waals surface area contributed by atoms with Gasteiger partial charge in [-0.1, -0.05) is 6.92 Å². The molecule has 1 aromatic carbocycles. The number of nitrogens with zero attached hydrogens (tertiary/aromatic N) is 2. The number of nitrogens with one attached hydrogen (secondary N) is 1. The van der Waals surface area contributed by atoms with Gasteiger partial charge in [0.05, 0.1) is 0 Å². The van der Waals surface area contributed by atoms with Crippen LogP contribution in [0.4, 0.5) is 0 Å². The molecule has 0 saturated carbocycles. The van der Waals surface area contributed by atoms with Gasteiger partial charge in [-0.3, -0.25) is 4.79 Å². The number of rotatable bonds is 4. The van der Waals surface area contributed by atoms with Crippen molar-refractivity contribution in [1.82, 2.24) is 14.8 Å². The molecule has 2 saturated heterocycles. The molecule has 0 bridgehead atoms. The Kier molecular flexibility index (Phi) is 5.63. The van der Waals surface area contributed by atoms with Crippen LogP contribution in [0.3, 0.4) is 0 Å². The fraction of sp³-hybridized carbons (Fsp3) is 0.609. The number of benzene rings is 1. The summed E-state index contributed by atoms with van der Waals surface area (Å²) < 4.78 is 6.25. The van der Waals surface area contributed by atoms with E-state index in [9.17, 15) is 4.79 Å². The first kappa shape index (κ1) is 19.3. The number of hydrogen-bond donors (Lipinski definition) is 1. The normalized spacial score (nSPS) is 20.2. The van der Waals surface area contributed by atoms with Crippen molar-refractivity contribution in [3.05, 3.63) is 30.0 Å². The van der Waals surface area contributed by atoms with Gasteiger partial charge < -0.3 is 19.5 Å². The van der Waals surface area contributed by atoms with Crippen LogP contribution in [0.15, 0.2) is 24.3 Å². The van der Waals surface area contributed by atoms with E-state index in [0.717, 1.165) is 74.4 Å². The number of aromatic amines is 1. The fourth-order valence-electron chi connectivity index (χ4n) is 4.38. The Morgan fingerprint density at radius 3 is 2.46 bits per heavy atom. The van der Waals surface area contributed by atoms with Crippen LogP contribution in [0.25, 0.3) is 10.9 Å². The van der Waals surface area contributed by atoms with E-state index in [2.05, 4.69) is 36.7 Å². The van der Waals surface area contributed by atoms with Gasteiger partial charge in [0.25, 0.3) is 5.91 Å². The average molecular weight is 384 g/mol. The second-order valence-electron chi connectivity index (χ2n) is 8.85. The molecule has 0 spiro atoms. The van der Waals surface area contributed by atoms with Crippen LogP contribution in [0.5, 0.6) is 5.75 Å². The third kappa shape index (κ3) is 4.19. The number of aromatic nitrogens is 1. The molecule has 1 amide bonds. The molecule has 2 fully saturated rings. The number of hydrogen-bond acceptors (Lipinski definition) is 3. The van der Waals surface area contributed by atoms with Crippen molar-refractivity contribution in [2.75, 3.05) is 26.2 Å². The van der Waals surface area contributed by atoms with Crippen LogP contribution in [0.2, 0.25) is 0 Å². The van der Waals surface area contributed by atoms with E-state index in [1.165, 1.54) is 0 Å². The van der Waals surface area contributed by atoms with Gasteiger partial charge in [0.15, 0.2) is 0 Å². The molecular weight excluding hydrogens is 350 g/mol. The maximum atomic E-state index is 12.8. The van der Waals surface area contributed by atoms with Crippen LogP contribution in [0, 0.1) is 5.92 Å². The van der Waals surface area contributed by atoms with Crippen molar-refractivity contribution >= 4 is 16.8 Å². The molecule has 4 rings (SSSR count). The Balaban J connectivity index is 1.41. The fourth-order valence-corrected chi connectivity index (χ4v) is 4.38. The first-order chi connectivity index (χ1) is 13.5. The highest BCUT2D eigenvalue weighted by atomic mass is 16.5. The Morgan fingerprint density at radius 1 is 1.07 bits per heavy atom. The molecule has 3 heterocycles. The number of amides is 1. The summed E-state index contributed by atoms with van der Waals surface area (Å²) in [6.45, 7) is 10.7. The van der Waals surface area contributed by atoms with Crippen molar-refractivity contribution in [3.63, 3.8) is 0 Å². The summed E-state index contributed by atoms with van der Waals surface area (Å²) in [6.07, 6.45) is 4.61. The van der Waals surface area contributed by atoms with E-state index in [1.54, 1.807) is 0 Å². The predicted molar refractivity (Wildman–Crippen MR) is 113 cm³/mol. The highest BCUT2D eigenvalue weighted by Gasteiger charge is 2.24. The van der Waals surface area contributed by atoms with Crippen LogP contribution >= 0.6 is 0 Å². The zero-order valence-electron chi connectivity index (χ0n) is 17.4. The smallest absolute Gasteiger partial charge is 0.270 e. The van der Waals surface area contributed by atoms with Gasteiger partial charge in [-0.2, -0.15) is 0 Å². The summed E-state index contributed by atoms with van der Waals surface area (Å²) in [6, 6.07) is 8.71. The van der Waals surface area contributed by atoms with E-state index >= 15 is 0 Å². The number of likely N-dealkylation sites (tertiary alicyclic amines) is 2. The van der Waals surface area contributed by atoms with Gasteiger partial charge in [-0.25, -0.2) is 0 Å². The second-order valence-corrected chi connectivity index (χ2v) is 8.85. The Hall–Kier alpha value is -2.01. The van der Waals surface area contributed by atoms with Crippen LogP contribution in [-0.4, -0.2) is 59.0 Å². The van der Waals surface area contributed by atoms with Crippen LogP contribution in [-0.2, 0) is 0 Å². The number of piperidine rings is 2. The lowest BCUT2D eigenvalue weighted by atomic mass is 9.99. The third-order valence-corrected chi connectivity index (χ3v) is 6.40. The minimum atomic E-state index is 0.117. The summed E-state index contributed by atoms with van der Waals surface area (Å²) in [5.74, 6) is 1.73. The Morgan fingerprint density at radius 2 is 1.79 bits per heavy atom. The Bertz CT molecular complexity index is 812. The van der Waals surface area contributed by atoms with Crippen molar-refractivity contribution in [1.29, 1.82) is 0 Å². The van der Waals surface area contributed by atoms with Gasteiger partial charge in [-0.05, 0) is 63.6 Å². The van der Waals surface area contributed by atoms with Gasteiger partial charge in [0.1, 0.15) is 17.5 Å². The monoisotopic (exact) mass is 383 g/mol. The number of carbonyl (C=O) groups excluding carboxylic acids is 1. The zero-order valence-corrected chi connectivity index (χ0v) is 17.4. The summed E-state index contributed by atoms with van der Waals surface area (Å²) in [7, 11) is 0. The summed E-state index contributed by atoms with van der Waals surface area (Å²) >= 11 is 0. The number of H-pyrrole nitrogens is 1. The Labute approximate surface area is 168 Å². The van der Waals surface area contributed by atoms with Gasteiger partial charge in [-0.15, -0.1) is 0 Å². The van der Waals surface area contributed by atoms with Crippen LogP contribution < -0.4 is 4.74 Å². The highest BCUT2D eigenvalue weighted by Crippen LogP contribution is 2.26. The van der Waals surface area contributed by atoms with Gasteiger partial charge >= 0.3 is 0 Å². The summed E-state index contributed by atoms with van der Waals surface area (Å²) in [5.41, 5.74) is 1.66. The van der Waals surface area contributed by atoms with Crippen molar-refractivity contribution in [2.45, 2.75) is 58.6 Å². The first-order valence-corrected chi connectivity index (χ1v) is 10.8. The third-order valence-electron chi connectivity index (χ3n) is 6.40. The molecule has 2 aromatic rings. The molecule has 0 aliphatic carbocycles. The quantitative estimate of drug-likeness (QED) is 0.857. The molecule has 0 atom stereocenters. The molecule has 1 N–H and O–H groups in total. The topological polar surface area (TPSA) is 48.6 Å². The highest BCUT2D eigenvalue weighted by molar-refractivity contribution is 5.98. The van der Waals surface area contributed by atoms with E-state index in [4.69, 9.17) is 4.74 Å². The van der Waals surface area contributed by atoms with E-state index in [-0.39, 0.29) is 12.0 Å². The molecule has 0 unspecified atom stereocenters. The molecule has 2 aliphatic rings. The minimum absolute atomic E-state index is 0.117.